The maximum Gasteiger partial charge on any atom is 0.494 e. The number of nitrogens with zero attached hydrogens (tertiary/aromatic N) is 1. The molecule has 0 aliphatic carbocycles. The summed E-state index contributed by atoms with van der Waals surface area (Å²) in [6.45, 7) is 10.1. The van der Waals surface area contributed by atoms with Gasteiger partial charge in [0.25, 0.3) is 0 Å². The van der Waals surface area contributed by atoms with E-state index in [1.165, 1.54) is 5.69 Å². The largest absolute Gasteiger partial charge is 0.616 e. The van der Waals surface area contributed by atoms with Crippen LogP contribution in [0.15, 0.2) is 24.3 Å². The van der Waals surface area contributed by atoms with E-state index in [4.69, 9.17) is 9.31 Å². The fourth-order valence-corrected chi connectivity index (χ4v) is 3.88. The van der Waals surface area contributed by atoms with E-state index in [2.05, 4.69) is 56.9 Å². The van der Waals surface area contributed by atoms with Crippen LogP contribution in [0.3, 0.4) is 0 Å². The van der Waals surface area contributed by atoms with Crippen LogP contribution in [-0.4, -0.2) is 47.5 Å². The van der Waals surface area contributed by atoms with Crippen molar-refractivity contribution in [1.82, 2.24) is 0 Å². The van der Waals surface area contributed by atoms with Crippen molar-refractivity contribution in [2.75, 3.05) is 24.2 Å². The highest BCUT2D eigenvalue weighted by Crippen LogP contribution is 2.36. The normalized spacial score (nSPS) is 27.5. The molecule has 0 saturated carbocycles. The molecule has 2 aliphatic rings. The highest BCUT2D eigenvalue weighted by molar-refractivity contribution is 7.91. The Morgan fingerprint density at radius 3 is 2.17 bits per heavy atom. The van der Waals surface area contributed by atoms with Gasteiger partial charge in [0.1, 0.15) is 5.25 Å². The van der Waals surface area contributed by atoms with E-state index in [1.807, 2.05) is 0 Å². The first kappa shape index (κ1) is 17.1. The number of benzene rings is 1. The highest BCUT2D eigenvalue weighted by Gasteiger charge is 2.51. The third kappa shape index (κ3) is 3.27. The van der Waals surface area contributed by atoms with E-state index in [-0.39, 0.29) is 23.6 Å². The molecule has 0 radical (unpaired) electrons. The molecular weight excluding hydrogens is 309 g/mol. The van der Waals surface area contributed by atoms with Gasteiger partial charge in [-0.15, -0.1) is 0 Å². The summed E-state index contributed by atoms with van der Waals surface area (Å²) < 4.78 is 23.8. The van der Waals surface area contributed by atoms with Crippen molar-refractivity contribution >= 4 is 29.4 Å². The van der Waals surface area contributed by atoms with Gasteiger partial charge in [0, 0.05) is 18.7 Å². The molecule has 6 heteroatoms. The molecule has 0 aromatic heterocycles. The lowest BCUT2D eigenvalue weighted by Gasteiger charge is -2.32. The molecular formula is C17H26BNO3S. The monoisotopic (exact) mass is 335 g/mol. The van der Waals surface area contributed by atoms with Crippen molar-refractivity contribution in [2.24, 2.45) is 0 Å². The van der Waals surface area contributed by atoms with Gasteiger partial charge in [0.15, 0.2) is 0 Å². The average molecular weight is 335 g/mol. The Balaban J connectivity index is 1.69. The van der Waals surface area contributed by atoms with Gasteiger partial charge >= 0.3 is 7.12 Å². The van der Waals surface area contributed by atoms with Crippen LogP contribution in [0.25, 0.3) is 0 Å². The third-order valence-corrected chi connectivity index (χ3v) is 6.72. The fourth-order valence-electron chi connectivity index (χ4n) is 3.06. The van der Waals surface area contributed by atoms with Crippen molar-refractivity contribution in [3.05, 3.63) is 24.3 Å². The first-order chi connectivity index (χ1) is 10.7. The zero-order valence-electron chi connectivity index (χ0n) is 14.7. The lowest BCUT2D eigenvalue weighted by atomic mass is 9.79. The van der Waals surface area contributed by atoms with Crippen LogP contribution in [0, 0.1) is 0 Å². The van der Waals surface area contributed by atoms with Crippen molar-refractivity contribution in [1.29, 1.82) is 0 Å². The van der Waals surface area contributed by atoms with Gasteiger partial charge in [-0.05, 0) is 45.3 Å². The van der Waals surface area contributed by atoms with Crippen LogP contribution in [-0.2, 0) is 20.5 Å². The van der Waals surface area contributed by atoms with Gasteiger partial charge in [-0.25, -0.2) is 0 Å². The molecule has 2 atom stereocenters. The van der Waals surface area contributed by atoms with Gasteiger partial charge in [0.05, 0.1) is 24.0 Å². The van der Waals surface area contributed by atoms with E-state index in [0.717, 1.165) is 25.0 Å². The topological polar surface area (TPSA) is 44.8 Å². The smallest absolute Gasteiger partial charge is 0.494 e. The first-order valence-electron chi connectivity index (χ1n) is 8.22. The second kappa shape index (κ2) is 5.99. The number of hydrogen-bond donors (Lipinski definition) is 0. The maximum absolute atomic E-state index is 11.6. The number of rotatable bonds is 3. The van der Waals surface area contributed by atoms with Gasteiger partial charge in [-0.3, -0.25) is 0 Å². The Labute approximate surface area is 142 Å². The molecule has 0 spiro atoms. The SMILES string of the molecule is C[S+]([O-])[C@@H]1CCN(c2ccc(B3OC(C)(C)C(C)(C)O3)cc2)C1. The molecule has 1 aromatic rings. The highest BCUT2D eigenvalue weighted by atomic mass is 32.2. The molecule has 2 heterocycles. The summed E-state index contributed by atoms with van der Waals surface area (Å²) in [5, 5.41) is 0.290. The summed E-state index contributed by atoms with van der Waals surface area (Å²) in [4.78, 5) is 2.31. The Bertz CT molecular complexity index is 545. The van der Waals surface area contributed by atoms with Crippen molar-refractivity contribution in [3.8, 4) is 0 Å². The van der Waals surface area contributed by atoms with Crippen molar-refractivity contribution in [2.45, 2.75) is 50.6 Å². The molecule has 0 bridgehead atoms. The van der Waals surface area contributed by atoms with Crippen molar-refractivity contribution in [3.63, 3.8) is 0 Å². The molecule has 2 saturated heterocycles. The Kier molecular flexibility index (Phi) is 4.47. The minimum Gasteiger partial charge on any atom is -0.616 e. The zero-order valence-corrected chi connectivity index (χ0v) is 15.5. The van der Waals surface area contributed by atoms with Crippen LogP contribution in [0.4, 0.5) is 5.69 Å². The average Bonchev–Trinajstić information content (AvgIpc) is 3.03. The van der Waals surface area contributed by atoms with Gasteiger partial charge < -0.3 is 18.8 Å². The molecule has 0 N–H and O–H groups in total. The van der Waals surface area contributed by atoms with Gasteiger partial charge in [-0.2, -0.15) is 0 Å². The molecule has 1 unspecified atom stereocenters. The lowest BCUT2D eigenvalue weighted by molar-refractivity contribution is 0.00578. The fraction of sp³-hybridized carbons (Fsp3) is 0.647. The molecule has 2 fully saturated rings. The van der Waals surface area contributed by atoms with Crippen LogP contribution in [0.5, 0.6) is 0 Å². The number of hydrogen-bond acceptors (Lipinski definition) is 4. The summed E-state index contributed by atoms with van der Waals surface area (Å²) in [5.74, 6) is 0. The Hall–Kier alpha value is -0.685. The summed E-state index contributed by atoms with van der Waals surface area (Å²) in [5.41, 5.74) is 1.59. The molecule has 3 rings (SSSR count). The first-order valence-corrected chi connectivity index (χ1v) is 9.84. The van der Waals surface area contributed by atoms with Crippen LogP contribution < -0.4 is 10.4 Å². The van der Waals surface area contributed by atoms with Crippen molar-refractivity contribution < 1.29 is 13.9 Å². The standard InChI is InChI=1S/C17H26BNO3S/c1-16(2)17(3,4)22-18(21-16)13-6-8-14(9-7-13)19-11-10-15(12-19)23(5)20/h6-9,15H,10-12H2,1-5H3/t15-,23?/m1/s1. The molecule has 126 valence electrons. The summed E-state index contributed by atoms with van der Waals surface area (Å²) >= 11 is -0.741. The minimum atomic E-state index is -0.741. The Morgan fingerprint density at radius 1 is 1.13 bits per heavy atom. The lowest BCUT2D eigenvalue weighted by Crippen LogP contribution is -2.41. The third-order valence-electron chi connectivity index (χ3n) is 5.40. The van der Waals surface area contributed by atoms with Crippen LogP contribution >= 0.6 is 0 Å². The molecule has 1 aromatic carbocycles. The number of anilines is 1. The Morgan fingerprint density at radius 2 is 1.70 bits per heavy atom. The second-order valence-corrected chi connectivity index (χ2v) is 9.20. The van der Waals surface area contributed by atoms with Crippen LogP contribution in [0.2, 0.25) is 0 Å². The molecule has 2 aliphatic heterocycles. The maximum atomic E-state index is 11.6. The van der Waals surface area contributed by atoms with E-state index >= 15 is 0 Å². The summed E-state index contributed by atoms with van der Waals surface area (Å²) in [7, 11) is -0.316. The van der Waals surface area contributed by atoms with E-state index in [0.29, 0.717) is 0 Å². The van der Waals surface area contributed by atoms with E-state index in [1.54, 1.807) is 6.26 Å². The van der Waals surface area contributed by atoms with Gasteiger partial charge in [0.2, 0.25) is 0 Å². The van der Waals surface area contributed by atoms with Crippen LogP contribution in [0.1, 0.15) is 34.1 Å². The molecule has 4 nitrogen and oxygen atoms in total. The predicted octanol–water partition coefficient (Wildman–Crippen LogP) is 1.94. The predicted molar refractivity (Wildman–Crippen MR) is 96.8 cm³/mol. The minimum absolute atomic E-state index is 0.290. The molecule has 23 heavy (non-hydrogen) atoms. The van der Waals surface area contributed by atoms with Gasteiger partial charge in [-0.1, -0.05) is 23.3 Å². The molecule has 0 amide bonds. The van der Waals surface area contributed by atoms with E-state index in [9.17, 15) is 4.55 Å². The van der Waals surface area contributed by atoms with E-state index < -0.39 is 11.2 Å². The second-order valence-electron chi connectivity index (χ2n) is 7.54. The quantitative estimate of drug-likeness (QED) is 0.626. The zero-order chi connectivity index (χ0) is 16.8. The summed E-state index contributed by atoms with van der Waals surface area (Å²) in [6.07, 6.45) is 2.80. The summed E-state index contributed by atoms with van der Waals surface area (Å²) in [6, 6.07) is 8.38.